The number of hydrogen-bond donors (Lipinski definition) is 2. The molecule has 0 aliphatic carbocycles. The maximum Gasteiger partial charge on any atom is 0.248 e. The van der Waals surface area contributed by atoms with Gasteiger partial charge >= 0.3 is 0 Å². The molecule has 118 valence electrons. The maximum atomic E-state index is 13.5. The molecule has 0 bridgehead atoms. The van der Waals surface area contributed by atoms with E-state index in [0.717, 1.165) is 6.07 Å². The first-order chi connectivity index (χ1) is 10.9. The van der Waals surface area contributed by atoms with Gasteiger partial charge in [0.25, 0.3) is 0 Å². The second-order valence-electron chi connectivity index (χ2n) is 4.50. The summed E-state index contributed by atoms with van der Waals surface area (Å²) >= 11 is 0. The molecule has 0 aromatic heterocycles. The number of nitrogens with two attached hydrogens (primary N) is 1. The van der Waals surface area contributed by atoms with Crippen LogP contribution in [0.15, 0.2) is 53.4 Å². The van der Waals surface area contributed by atoms with Gasteiger partial charge in [0.05, 0.1) is 6.54 Å². The molecule has 0 unspecified atom stereocenters. The van der Waals surface area contributed by atoms with Crippen molar-refractivity contribution in [2.45, 2.75) is 4.90 Å². The summed E-state index contributed by atoms with van der Waals surface area (Å²) in [5, 5.41) is 0. The van der Waals surface area contributed by atoms with Crippen LogP contribution in [-0.2, 0) is 10.0 Å². The minimum Gasteiger partial charge on any atom is -0.366 e. The molecule has 0 aliphatic heterocycles. The zero-order chi connectivity index (χ0) is 16.9. The van der Waals surface area contributed by atoms with Gasteiger partial charge in [0.2, 0.25) is 15.9 Å². The van der Waals surface area contributed by atoms with Crippen molar-refractivity contribution < 1.29 is 17.6 Å². The first kappa shape index (κ1) is 16.7. The van der Waals surface area contributed by atoms with Gasteiger partial charge in [-0.2, -0.15) is 4.72 Å². The Balaban J connectivity index is 2.03. The highest BCUT2D eigenvalue weighted by Crippen LogP contribution is 2.12. The summed E-state index contributed by atoms with van der Waals surface area (Å²) in [6.07, 6.45) is 0. The molecule has 23 heavy (non-hydrogen) atoms. The molecule has 5 nitrogen and oxygen atoms in total. The summed E-state index contributed by atoms with van der Waals surface area (Å²) in [6, 6.07) is 11.3. The number of sulfonamides is 1. The van der Waals surface area contributed by atoms with Gasteiger partial charge in [-0.15, -0.1) is 0 Å². The first-order valence-electron chi connectivity index (χ1n) is 6.53. The van der Waals surface area contributed by atoms with E-state index >= 15 is 0 Å². The summed E-state index contributed by atoms with van der Waals surface area (Å²) in [5.41, 5.74) is 6.07. The molecule has 0 atom stereocenters. The van der Waals surface area contributed by atoms with E-state index in [1.54, 1.807) is 12.1 Å². The summed E-state index contributed by atoms with van der Waals surface area (Å²) < 4.78 is 39.5. The molecule has 0 radical (unpaired) electrons. The smallest absolute Gasteiger partial charge is 0.248 e. The minimum absolute atomic E-state index is 0.172. The lowest BCUT2D eigenvalue weighted by molar-refractivity contribution is 0.100. The van der Waals surface area contributed by atoms with Crippen LogP contribution >= 0.6 is 0 Å². The zero-order valence-corrected chi connectivity index (χ0v) is 12.7. The quantitative estimate of drug-likeness (QED) is 0.826. The number of amides is 1. The molecular formula is C16H13FN2O3S. The van der Waals surface area contributed by atoms with E-state index < -0.39 is 26.6 Å². The Bertz CT molecular complexity index is 882. The van der Waals surface area contributed by atoms with E-state index in [0.29, 0.717) is 11.1 Å². The SMILES string of the molecule is NC(=O)c1ccc(C#CCNS(=O)(=O)c2ccccc2F)cc1. The summed E-state index contributed by atoms with van der Waals surface area (Å²) in [7, 11) is -3.95. The second-order valence-corrected chi connectivity index (χ2v) is 6.23. The molecule has 0 heterocycles. The van der Waals surface area contributed by atoms with Crippen molar-refractivity contribution in [3.8, 4) is 11.8 Å². The third kappa shape index (κ3) is 4.39. The molecule has 0 aliphatic rings. The van der Waals surface area contributed by atoms with Crippen molar-refractivity contribution in [3.05, 3.63) is 65.5 Å². The fourth-order valence-corrected chi connectivity index (χ4v) is 2.74. The van der Waals surface area contributed by atoms with Crippen LogP contribution in [0.3, 0.4) is 0 Å². The number of primary amides is 1. The van der Waals surface area contributed by atoms with Crippen LogP contribution in [0.5, 0.6) is 0 Å². The van der Waals surface area contributed by atoms with Gasteiger partial charge in [-0.1, -0.05) is 24.0 Å². The van der Waals surface area contributed by atoms with Crippen LogP contribution < -0.4 is 10.5 Å². The van der Waals surface area contributed by atoms with Crippen molar-refractivity contribution in [1.82, 2.24) is 4.72 Å². The minimum atomic E-state index is -3.95. The molecule has 1 amide bonds. The number of hydrogen-bond acceptors (Lipinski definition) is 3. The number of carbonyl (C=O) groups is 1. The van der Waals surface area contributed by atoms with Crippen LogP contribution in [0.4, 0.5) is 4.39 Å². The Labute approximate surface area is 133 Å². The molecule has 0 fully saturated rings. The predicted octanol–water partition coefficient (Wildman–Crippen LogP) is 1.25. The highest BCUT2D eigenvalue weighted by Gasteiger charge is 2.16. The Kier molecular flexibility index (Phi) is 5.11. The van der Waals surface area contributed by atoms with Crippen molar-refractivity contribution in [2.75, 3.05) is 6.54 Å². The number of rotatable bonds is 4. The van der Waals surface area contributed by atoms with E-state index in [9.17, 15) is 17.6 Å². The second kappa shape index (κ2) is 7.05. The summed E-state index contributed by atoms with van der Waals surface area (Å²) in [6.45, 7) is -0.172. The van der Waals surface area contributed by atoms with E-state index in [-0.39, 0.29) is 6.54 Å². The normalized spacial score (nSPS) is 10.7. The Morgan fingerprint density at radius 3 is 2.39 bits per heavy atom. The van der Waals surface area contributed by atoms with Crippen molar-refractivity contribution in [2.24, 2.45) is 5.73 Å². The van der Waals surface area contributed by atoms with Gasteiger partial charge in [-0.3, -0.25) is 4.79 Å². The van der Waals surface area contributed by atoms with Gasteiger partial charge in [0.1, 0.15) is 10.7 Å². The van der Waals surface area contributed by atoms with Crippen molar-refractivity contribution in [3.63, 3.8) is 0 Å². The highest BCUT2D eigenvalue weighted by atomic mass is 32.2. The highest BCUT2D eigenvalue weighted by molar-refractivity contribution is 7.89. The monoisotopic (exact) mass is 332 g/mol. The average molecular weight is 332 g/mol. The van der Waals surface area contributed by atoms with E-state index in [2.05, 4.69) is 16.6 Å². The summed E-state index contributed by atoms with van der Waals surface area (Å²) in [4.78, 5) is 10.5. The average Bonchev–Trinajstić information content (AvgIpc) is 2.52. The molecule has 7 heteroatoms. The molecule has 2 aromatic rings. The molecule has 2 rings (SSSR count). The van der Waals surface area contributed by atoms with Crippen LogP contribution in [0.2, 0.25) is 0 Å². The van der Waals surface area contributed by atoms with Gasteiger partial charge in [0.15, 0.2) is 0 Å². The van der Waals surface area contributed by atoms with Crippen LogP contribution in [0.25, 0.3) is 0 Å². The Morgan fingerprint density at radius 1 is 1.13 bits per heavy atom. The zero-order valence-electron chi connectivity index (χ0n) is 11.9. The fourth-order valence-electron chi connectivity index (χ4n) is 1.74. The molecule has 0 saturated heterocycles. The number of nitrogens with one attached hydrogen (secondary N) is 1. The van der Waals surface area contributed by atoms with Gasteiger partial charge < -0.3 is 5.73 Å². The van der Waals surface area contributed by atoms with E-state index in [4.69, 9.17) is 5.73 Å². The van der Waals surface area contributed by atoms with Gasteiger partial charge in [0, 0.05) is 11.1 Å². The van der Waals surface area contributed by atoms with E-state index in [1.165, 1.54) is 30.3 Å². The lowest BCUT2D eigenvalue weighted by atomic mass is 10.1. The van der Waals surface area contributed by atoms with Gasteiger partial charge in [-0.25, -0.2) is 12.8 Å². The Hall–Kier alpha value is -2.69. The van der Waals surface area contributed by atoms with Crippen molar-refractivity contribution in [1.29, 1.82) is 0 Å². The third-order valence-corrected chi connectivity index (χ3v) is 4.31. The molecular weight excluding hydrogens is 319 g/mol. The van der Waals surface area contributed by atoms with Crippen LogP contribution in [0.1, 0.15) is 15.9 Å². The lowest BCUT2D eigenvalue weighted by Gasteiger charge is -2.04. The van der Waals surface area contributed by atoms with Crippen molar-refractivity contribution >= 4 is 15.9 Å². The largest absolute Gasteiger partial charge is 0.366 e. The fraction of sp³-hybridized carbons (Fsp3) is 0.0625. The first-order valence-corrected chi connectivity index (χ1v) is 8.01. The molecule has 0 saturated carbocycles. The van der Waals surface area contributed by atoms with E-state index in [1.807, 2.05) is 0 Å². The maximum absolute atomic E-state index is 13.5. The molecule has 0 spiro atoms. The number of carbonyl (C=O) groups excluding carboxylic acids is 1. The number of halogens is 1. The lowest BCUT2D eigenvalue weighted by Crippen LogP contribution is -2.24. The third-order valence-electron chi connectivity index (χ3n) is 2.88. The standard InChI is InChI=1S/C16H13FN2O3S/c17-14-5-1-2-6-15(14)23(21,22)19-11-3-4-12-7-9-13(10-8-12)16(18)20/h1-2,5-10,19H,11H2,(H2,18,20). The molecule has 3 N–H and O–H groups in total. The topological polar surface area (TPSA) is 89.3 Å². The summed E-state index contributed by atoms with van der Waals surface area (Å²) in [5.74, 6) is 3.98. The number of benzene rings is 2. The molecule has 2 aromatic carbocycles. The Morgan fingerprint density at radius 2 is 1.78 bits per heavy atom. The van der Waals surface area contributed by atoms with Gasteiger partial charge in [-0.05, 0) is 36.4 Å². The van der Waals surface area contributed by atoms with Crippen LogP contribution in [0, 0.1) is 17.7 Å². The van der Waals surface area contributed by atoms with Crippen LogP contribution in [-0.4, -0.2) is 20.9 Å². The predicted molar refractivity (Wildman–Crippen MR) is 83.4 cm³/mol.